The fourth-order valence-electron chi connectivity index (χ4n) is 2.65. The topological polar surface area (TPSA) is 128 Å². The molecule has 30 heavy (non-hydrogen) atoms. The first-order valence-corrected chi connectivity index (χ1v) is 8.88. The van der Waals surface area contributed by atoms with Gasteiger partial charge in [-0.15, -0.1) is 0 Å². The van der Waals surface area contributed by atoms with Gasteiger partial charge in [0.15, 0.2) is 5.82 Å². The van der Waals surface area contributed by atoms with E-state index in [9.17, 15) is 10.1 Å². The van der Waals surface area contributed by atoms with Crippen LogP contribution in [0.2, 0.25) is 0 Å². The predicted molar refractivity (Wildman–Crippen MR) is 109 cm³/mol. The van der Waals surface area contributed by atoms with Crippen LogP contribution in [0, 0.1) is 17.0 Å². The van der Waals surface area contributed by atoms with Crippen LogP contribution >= 0.6 is 0 Å². The van der Waals surface area contributed by atoms with Crippen molar-refractivity contribution in [1.82, 2.24) is 15.1 Å². The Morgan fingerprint density at radius 3 is 2.27 bits per heavy atom. The number of nitro groups is 1. The number of nitrogens with zero attached hydrogens (tertiary/aromatic N) is 4. The van der Waals surface area contributed by atoms with Crippen molar-refractivity contribution in [1.29, 1.82) is 0 Å². The Hall–Kier alpha value is -4.47. The van der Waals surface area contributed by atoms with Crippen LogP contribution in [0.4, 0.5) is 28.8 Å². The summed E-state index contributed by atoms with van der Waals surface area (Å²) in [5, 5.41) is 21.2. The van der Waals surface area contributed by atoms with Gasteiger partial charge in [0, 0.05) is 11.8 Å². The molecule has 4 aromatic rings. The van der Waals surface area contributed by atoms with Crippen molar-refractivity contribution < 1.29 is 14.2 Å². The summed E-state index contributed by atoms with van der Waals surface area (Å²) in [6.45, 7) is 1.71. The first-order valence-electron chi connectivity index (χ1n) is 8.88. The summed E-state index contributed by atoms with van der Waals surface area (Å²) in [4.78, 5) is 19.1. The van der Waals surface area contributed by atoms with E-state index in [1.807, 2.05) is 30.3 Å². The normalized spacial score (nSPS) is 10.4. The van der Waals surface area contributed by atoms with Crippen LogP contribution in [0.1, 0.15) is 5.76 Å². The standard InChI is InChI=1S/C20H16N6O4/c1-13-11-17(25-30-13)24-20-18(26(27)28)19(21-12-22-20)23-14-7-9-16(10-8-14)29-15-5-3-2-4-6-15/h2-12H,1H3,(H2,21,22,23,24,25). The van der Waals surface area contributed by atoms with Gasteiger partial charge in [0.1, 0.15) is 23.6 Å². The second-order valence-electron chi connectivity index (χ2n) is 6.19. The van der Waals surface area contributed by atoms with Gasteiger partial charge in [0.05, 0.1) is 4.92 Å². The van der Waals surface area contributed by atoms with Gasteiger partial charge in [0.2, 0.25) is 11.6 Å². The molecule has 0 aliphatic carbocycles. The number of benzene rings is 2. The molecular formula is C20H16N6O4. The number of hydrogen-bond acceptors (Lipinski definition) is 9. The molecule has 2 aromatic carbocycles. The van der Waals surface area contributed by atoms with Crippen LogP contribution in [0.5, 0.6) is 11.5 Å². The lowest BCUT2D eigenvalue weighted by Crippen LogP contribution is -2.05. The van der Waals surface area contributed by atoms with E-state index in [1.54, 1.807) is 37.3 Å². The number of rotatable bonds is 7. The molecule has 4 rings (SSSR count). The lowest BCUT2D eigenvalue weighted by molar-refractivity contribution is -0.383. The Balaban J connectivity index is 1.55. The molecule has 0 spiro atoms. The molecule has 2 N–H and O–H groups in total. The Bertz CT molecular complexity index is 1160. The zero-order chi connectivity index (χ0) is 20.9. The van der Waals surface area contributed by atoms with Gasteiger partial charge in [0.25, 0.3) is 0 Å². The molecule has 2 aromatic heterocycles. The average Bonchev–Trinajstić information content (AvgIpc) is 3.15. The molecular weight excluding hydrogens is 388 g/mol. The first-order chi connectivity index (χ1) is 14.6. The van der Waals surface area contributed by atoms with E-state index in [0.29, 0.717) is 28.8 Å². The molecule has 0 radical (unpaired) electrons. The van der Waals surface area contributed by atoms with Gasteiger partial charge in [-0.05, 0) is 43.3 Å². The summed E-state index contributed by atoms with van der Waals surface area (Å²) in [6.07, 6.45) is 1.22. The Morgan fingerprint density at radius 1 is 0.967 bits per heavy atom. The summed E-state index contributed by atoms with van der Waals surface area (Å²) < 4.78 is 10.7. The number of anilines is 4. The number of aryl methyl sites for hydroxylation is 1. The van der Waals surface area contributed by atoms with Crippen LogP contribution in [0.25, 0.3) is 0 Å². The molecule has 0 saturated carbocycles. The number of hydrogen-bond donors (Lipinski definition) is 2. The maximum atomic E-state index is 11.7. The summed E-state index contributed by atoms with van der Waals surface area (Å²) in [5.74, 6) is 2.24. The van der Waals surface area contributed by atoms with Crippen LogP contribution < -0.4 is 15.4 Å². The minimum atomic E-state index is -0.565. The molecule has 0 saturated heterocycles. The lowest BCUT2D eigenvalue weighted by atomic mass is 10.3. The molecule has 0 bridgehead atoms. The molecule has 0 aliphatic rings. The highest BCUT2D eigenvalue weighted by atomic mass is 16.6. The molecule has 0 fully saturated rings. The van der Waals surface area contributed by atoms with Crippen molar-refractivity contribution in [2.24, 2.45) is 0 Å². The highest BCUT2D eigenvalue weighted by Crippen LogP contribution is 2.33. The molecule has 0 aliphatic heterocycles. The Kier molecular flexibility index (Phi) is 5.20. The maximum Gasteiger partial charge on any atom is 0.353 e. The second-order valence-corrected chi connectivity index (χ2v) is 6.19. The average molecular weight is 404 g/mol. The quantitative estimate of drug-likeness (QED) is 0.324. The van der Waals surface area contributed by atoms with Crippen LogP contribution in [-0.4, -0.2) is 20.0 Å². The maximum absolute atomic E-state index is 11.7. The summed E-state index contributed by atoms with van der Waals surface area (Å²) >= 11 is 0. The van der Waals surface area contributed by atoms with Gasteiger partial charge < -0.3 is 19.9 Å². The third-order valence-corrected chi connectivity index (χ3v) is 3.98. The minimum Gasteiger partial charge on any atom is -0.457 e. The van der Waals surface area contributed by atoms with E-state index in [4.69, 9.17) is 9.26 Å². The Morgan fingerprint density at radius 2 is 1.63 bits per heavy atom. The molecule has 0 unspecified atom stereocenters. The van der Waals surface area contributed by atoms with Gasteiger partial charge in [-0.3, -0.25) is 10.1 Å². The number of nitrogens with one attached hydrogen (secondary N) is 2. The van der Waals surface area contributed by atoms with E-state index in [0.717, 1.165) is 0 Å². The molecule has 150 valence electrons. The SMILES string of the molecule is Cc1cc(Nc2ncnc(Nc3ccc(Oc4ccccc4)cc3)c2[N+](=O)[O-])no1. The fourth-order valence-corrected chi connectivity index (χ4v) is 2.65. The van der Waals surface area contributed by atoms with E-state index >= 15 is 0 Å². The van der Waals surface area contributed by atoms with Gasteiger partial charge in [-0.25, -0.2) is 9.97 Å². The monoisotopic (exact) mass is 404 g/mol. The van der Waals surface area contributed by atoms with E-state index in [1.165, 1.54) is 6.33 Å². The van der Waals surface area contributed by atoms with Crippen LogP contribution in [-0.2, 0) is 0 Å². The van der Waals surface area contributed by atoms with Crippen molar-refractivity contribution in [2.75, 3.05) is 10.6 Å². The highest BCUT2D eigenvalue weighted by molar-refractivity contribution is 5.76. The number of para-hydroxylation sites is 1. The van der Waals surface area contributed by atoms with Crippen LogP contribution in [0.3, 0.4) is 0 Å². The molecule has 10 nitrogen and oxygen atoms in total. The van der Waals surface area contributed by atoms with Gasteiger partial charge >= 0.3 is 5.69 Å². The molecule has 0 atom stereocenters. The number of aromatic nitrogens is 3. The molecule has 0 amide bonds. The molecule has 10 heteroatoms. The van der Waals surface area contributed by atoms with Crippen molar-refractivity contribution >= 4 is 28.8 Å². The second kappa shape index (κ2) is 8.27. The molecule has 2 heterocycles. The summed E-state index contributed by atoms with van der Waals surface area (Å²) in [7, 11) is 0. The fraction of sp³-hybridized carbons (Fsp3) is 0.0500. The first kappa shape index (κ1) is 18.9. The van der Waals surface area contributed by atoms with Crippen molar-refractivity contribution in [3.63, 3.8) is 0 Å². The highest BCUT2D eigenvalue weighted by Gasteiger charge is 2.24. The predicted octanol–water partition coefficient (Wildman–Crippen LogP) is 4.96. The summed E-state index contributed by atoms with van der Waals surface area (Å²) in [6, 6.07) is 17.9. The zero-order valence-electron chi connectivity index (χ0n) is 15.8. The van der Waals surface area contributed by atoms with Crippen molar-refractivity contribution in [3.05, 3.63) is 82.9 Å². The Labute approximate surface area is 170 Å². The lowest BCUT2D eigenvalue weighted by Gasteiger charge is -2.10. The summed E-state index contributed by atoms with van der Waals surface area (Å²) in [5.41, 5.74) is 0.281. The largest absolute Gasteiger partial charge is 0.457 e. The van der Waals surface area contributed by atoms with Gasteiger partial charge in [-0.2, -0.15) is 0 Å². The third-order valence-electron chi connectivity index (χ3n) is 3.98. The number of ether oxygens (including phenoxy) is 1. The van der Waals surface area contributed by atoms with E-state index in [2.05, 4.69) is 25.8 Å². The van der Waals surface area contributed by atoms with Crippen LogP contribution in [0.15, 0.2) is 71.5 Å². The third kappa shape index (κ3) is 4.33. The minimum absolute atomic E-state index is 0.00479. The smallest absolute Gasteiger partial charge is 0.353 e. The van der Waals surface area contributed by atoms with E-state index in [-0.39, 0.29) is 17.3 Å². The van der Waals surface area contributed by atoms with Crippen molar-refractivity contribution in [3.8, 4) is 11.5 Å². The van der Waals surface area contributed by atoms with Crippen molar-refractivity contribution in [2.45, 2.75) is 6.92 Å². The van der Waals surface area contributed by atoms with Gasteiger partial charge in [-0.1, -0.05) is 23.4 Å². The zero-order valence-corrected chi connectivity index (χ0v) is 15.8. The van der Waals surface area contributed by atoms with E-state index < -0.39 is 4.92 Å².